The first-order valence-corrected chi connectivity index (χ1v) is 6.49. The monoisotopic (exact) mass is 237 g/mol. The molecule has 1 aromatic heterocycles. The van der Waals surface area contributed by atoms with Crippen molar-refractivity contribution in [1.29, 1.82) is 0 Å². The summed E-state index contributed by atoms with van der Waals surface area (Å²) in [7, 11) is 0. The second-order valence-corrected chi connectivity index (χ2v) is 4.40. The number of ether oxygens (including phenoxy) is 1. The van der Waals surface area contributed by atoms with Crippen molar-refractivity contribution in [3.63, 3.8) is 0 Å². The molecule has 3 heteroatoms. The fourth-order valence-electron chi connectivity index (χ4n) is 1.73. The van der Waals surface area contributed by atoms with E-state index in [-0.39, 0.29) is 12.7 Å². The number of nitrogens with zero attached hydrogens (tertiary/aromatic N) is 1. The number of aliphatic hydroxyl groups excluding tert-OH is 1. The van der Waals surface area contributed by atoms with Gasteiger partial charge in [0.1, 0.15) is 0 Å². The number of hydrogen-bond acceptors (Lipinski definition) is 3. The Labute approximate surface area is 104 Å². The molecule has 0 aliphatic heterocycles. The van der Waals surface area contributed by atoms with Crippen molar-refractivity contribution in [2.24, 2.45) is 0 Å². The normalized spacial score (nSPS) is 12.4. The van der Waals surface area contributed by atoms with Crippen LogP contribution in [0.5, 0.6) is 5.88 Å². The lowest BCUT2D eigenvalue weighted by atomic mass is 10.1. The van der Waals surface area contributed by atoms with Crippen molar-refractivity contribution in [2.75, 3.05) is 0 Å². The molecule has 1 rings (SSSR count). The van der Waals surface area contributed by atoms with E-state index in [1.807, 2.05) is 12.1 Å². The molecule has 3 nitrogen and oxygen atoms in total. The lowest BCUT2D eigenvalue weighted by Gasteiger charge is -2.14. The Hall–Kier alpha value is -1.09. The third kappa shape index (κ3) is 5.68. The molecule has 0 amide bonds. The molecular weight excluding hydrogens is 214 g/mol. The molecule has 1 N–H and O–H groups in total. The van der Waals surface area contributed by atoms with Crippen molar-refractivity contribution in [2.45, 2.75) is 58.7 Å². The van der Waals surface area contributed by atoms with Crippen LogP contribution < -0.4 is 4.74 Å². The summed E-state index contributed by atoms with van der Waals surface area (Å²) in [5.41, 5.74) is 0.653. The van der Waals surface area contributed by atoms with E-state index in [0.29, 0.717) is 11.6 Å². The van der Waals surface area contributed by atoms with Gasteiger partial charge >= 0.3 is 0 Å². The van der Waals surface area contributed by atoms with Gasteiger partial charge in [0.15, 0.2) is 0 Å². The van der Waals surface area contributed by atoms with E-state index in [0.717, 1.165) is 6.42 Å². The predicted octanol–water partition coefficient (Wildman–Crippen LogP) is 3.31. The first-order chi connectivity index (χ1) is 8.26. The molecule has 0 spiro atoms. The summed E-state index contributed by atoms with van der Waals surface area (Å²) in [4.78, 5) is 4.20. The SMILES string of the molecule is CCCCCCC(C)Oc1cccc(CO)n1. The molecule has 96 valence electrons. The third-order valence-electron chi connectivity index (χ3n) is 2.73. The Bertz CT molecular complexity index is 315. The van der Waals surface area contributed by atoms with E-state index in [1.165, 1.54) is 25.7 Å². The van der Waals surface area contributed by atoms with Crippen LogP contribution in [0.4, 0.5) is 0 Å². The van der Waals surface area contributed by atoms with Gasteiger partial charge in [0.2, 0.25) is 5.88 Å². The number of rotatable bonds is 8. The Kier molecular flexibility index (Phi) is 6.63. The number of unbranched alkanes of at least 4 members (excludes halogenated alkanes) is 3. The Morgan fingerprint density at radius 2 is 2.12 bits per heavy atom. The highest BCUT2D eigenvalue weighted by Gasteiger charge is 2.05. The quantitative estimate of drug-likeness (QED) is 0.705. The van der Waals surface area contributed by atoms with E-state index in [9.17, 15) is 0 Å². The van der Waals surface area contributed by atoms with Gasteiger partial charge in [-0.05, 0) is 25.8 Å². The summed E-state index contributed by atoms with van der Waals surface area (Å²) in [5, 5.41) is 8.98. The van der Waals surface area contributed by atoms with Crippen LogP contribution in [0.25, 0.3) is 0 Å². The van der Waals surface area contributed by atoms with Gasteiger partial charge in [0, 0.05) is 6.07 Å². The summed E-state index contributed by atoms with van der Waals surface area (Å²) < 4.78 is 5.71. The Morgan fingerprint density at radius 1 is 1.29 bits per heavy atom. The Balaban J connectivity index is 2.31. The van der Waals surface area contributed by atoms with E-state index >= 15 is 0 Å². The zero-order chi connectivity index (χ0) is 12.5. The smallest absolute Gasteiger partial charge is 0.213 e. The van der Waals surface area contributed by atoms with E-state index in [4.69, 9.17) is 9.84 Å². The average Bonchev–Trinajstić information content (AvgIpc) is 2.35. The summed E-state index contributed by atoms with van der Waals surface area (Å²) in [5.74, 6) is 0.611. The zero-order valence-corrected chi connectivity index (χ0v) is 10.9. The summed E-state index contributed by atoms with van der Waals surface area (Å²) in [6, 6.07) is 5.48. The molecule has 0 aliphatic rings. The average molecular weight is 237 g/mol. The maximum atomic E-state index is 8.98. The van der Waals surface area contributed by atoms with Gasteiger partial charge in [0.05, 0.1) is 18.4 Å². The number of aliphatic hydroxyl groups is 1. The largest absolute Gasteiger partial charge is 0.475 e. The van der Waals surface area contributed by atoms with Crippen LogP contribution in [-0.4, -0.2) is 16.2 Å². The molecule has 0 aliphatic carbocycles. The lowest BCUT2D eigenvalue weighted by Crippen LogP contribution is -2.12. The lowest BCUT2D eigenvalue weighted by molar-refractivity contribution is 0.195. The maximum Gasteiger partial charge on any atom is 0.213 e. The summed E-state index contributed by atoms with van der Waals surface area (Å²) in [6.07, 6.45) is 6.28. The number of hydrogen-bond donors (Lipinski definition) is 1. The number of pyridine rings is 1. The fraction of sp³-hybridized carbons (Fsp3) is 0.643. The second kappa shape index (κ2) is 8.07. The highest BCUT2D eigenvalue weighted by molar-refractivity contribution is 5.15. The second-order valence-electron chi connectivity index (χ2n) is 4.40. The standard InChI is InChI=1S/C14H23NO2/c1-3-4-5-6-8-12(2)17-14-10-7-9-13(11-16)15-14/h7,9-10,12,16H,3-6,8,11H2,1-2H3. The van der Waals surface area contributed by atoms with Crippen molar-refractivity contribution in [3.05, 3.63) is 23.9 Å². The molecule has 0 bridgehead atoms. The van der Waals surface area contributed by atoms with Crippen LogP contribution in [0.3, 0.4) is 0 Å². The van der Waals surface area contributed by atoms with Crippen LogP contribution in [0, 0.1) is 0 Å². The molecule has 1 heterocycles. The van der Waals surface area contributed by atoms with Gasteiger partial charge in [-0.25, -0.2) is 4.98 Å². The van der Waals surface area contributed by atoms with Crippen molar-refractivity contribution in [1.82, 2.24) is 4.98 Å². The van der Waals surface area contributed by atoms with E-state index in [1.54, 1.807) is 6.07 Å². The first kappa shape index (κ1) is 14.0. The minimum Gasteiger partial charge on any atom is -0.475 e. The molecule has 1 atom stereocenters. The topological polar surface area (TPSA) is 42.4 Å². The highest BCUT2D eigenvalue weighted by Crippen LogP contribution is 2.13. The number of aromatic nitrogens is 1. The van der Waals surface area contributed by atoms with Gasteiger partial charge in [0.25, 0.3) is 0 Å². The molecule has 0 radical (unpaired) electrons. The van der Waals surface area contributed by atoms with Crippen LogP contribution in [0.1, 0.15) is 51.6 Å². The molecule has 0 saturated carbocycles. The van der Waals surface area contributed by atoms with Crippen molar-refractivity contribution >= 4 is 0 Å². The fourth-order valence-corrected chi connectivity index (χ4v) is 1.73. The van der Waals surface area contributed by atoms with Gasteiger partial charge < -0.3 is 9.84 Å². The summed E-state index contributed by atoms with van der Waals surface area (Å²) >= 11 is 0. The molecule has 0 fully saturated rings. The minimum atomic E-state index is -0.0396. The minimum absolute atomic E-state index is 0.0396. The highest BCUT2D eigenvalue weighted by atomic mass is 16.5. The van der Waals surface area contributed by atoms with E-state index < -0.39 is 0 Å². The van der Waals surface area contributed by atoms with Crippen molar-refractivity contribution < 1.29 is 9.84 Å². The van der Waals surface area contributed by atoms with Crippen LogP contribution in [0.15, 0.2) is 18.2 Å². The zero-order valence-electron chi connectivity index (χ0n) is 10.9. The molecule has 0 saturated heterocycles. The molecule has 1 unspecified atom stereocenters. The summed E-state index contributed by atoms with van der Waals surface area (Å²) in [6.45, 7) is 4.24. The molecule has 17 heavy (non-hydrogen) atoms. The van der Waals surface area contributed by atoms with Crippen LogP contribution in [-0.2, 0) is 6.61 Å². The molecule has 0 aromatic carbocycles. The predicted molar refractivity (Wildman–Crippen MR) is 69.0 cm³/mol. The molecule has 1 aromatic rings. The van der Waals surface area contributed by atoms with E-state index in [2.05, 4.69) is 18.8 Å². The van der Waals surface area contributed by atoms with Crippen LogP contribution >= 0.6 is 0 Å². The van der Waals surface area contributed by atoms with Gasteiger partial charge in [-0.2, -0.15) is 0 Å². The Morgan fingerprint density at radius 3 is 2.82 bits per heavy atom. The third-order valence-corrected chi connectivity index (χ3v) is 2.73. The van der Waals surface area contributed by atoms with Gasteiger partial charge in [-0.3, -0.25) is 0 Å². The maximum absolute atomic E-state index is 8.98. The van der Waals surface area contributed by atoms with Gasteiger partial charge in [-0.1, -0.05) is 32.3 Å². The molecular formula is C14H23NO2. The van der Waals surface area contributed by atoms with Gasteiger partial charge in [-0.15, -0.1) is 0 Å². The van der Waals surface area contributed by atoms with Crippen LogP contribution in [0.2, 0.25) is 0 Å². The van der Waals surface area contributed by atoms with Crippen molar-refractivity contribution in [3.8, 4) is 5.88 Å². The first-order valence-electron chi connectivity index (χ1n) is 6.49.